The number of pyridine rings is 2. The fourth-order valence-electron chi connectivity index (χ4n) is 3.68. The summed E-state index contributed by atoms with van der Waals surface area (Å²) in [6.07, 6.45) is -0.485. The summed E-state index contributed by atoms with van der Waals surface area (Å²) >= 11 is 0. The molecule has 13 heteroatoms. The highest BCUT2D eigenvalue weighted by Gasteiger charge is 2.36. The average molecular weight is 492 g/mol. The Kier molecular flexibility index (Phi) is 5.75. The Morgan fingerprint density at radius 2 is 1.74 bits per heavy atom. The van der Waals surface area contributed by atoms with Gasteiger partial charge in [0.05, 0.1) is 21.9 Å². The molecule has 0 saturated carbocycles. The molecular formula is C21H19F3N6O3S. The van der Waals surface area contributed by atoms with Crippen LogP contribution in [0.25, 0.3) is 33.8 Å². The van der Waals surface area contributed by atoms with Crippen molar-refractivity contribution in [3.63, 3.8) is 0 Å². The van der Waals surface area contributed by atoms with Gasteiger partial charge in [-0.2, -0.15) is 13.2 Å². The SMILES string of the molecule is CCn1c(C(F)(F)F)cc2nc(-c3nc(-c4cncnc4)ccc3S(=O)(=O)CC)n(C)c2c1=O. The van der Waals surface area contributed by atoms with Crippen LogP contribution in [0.3, 0.4) is 0 Å². The first-order chi connectivity index (χ1) is 16.0. The lowest BCUT2D eigenvalue weighted by atomic mass is 10.2. The number of aromatic nitrogens is 6. The second kappa shape index (κ2) is 8.31. The molecule has 0 N–H and O–H groups in total. The van der Waals surface area contributed by atoms with Crippen molar-refractivity contribution in [1.82, 2.24) is 29.1 Å². The van der Waals surface area contributed by atoms with Crippen LogP contribution in [0.1, 0.15) is 19.5 Å². The first-order valence-corrected chi connectivity index (χ1v) is 11.8. The van der Waals surface area contributed by atoms with Crippen LogP contribution < -0.4 is 5.56 Å². The molecule has 9 nitrogen and oxygen atoms in total. The van der Waals surface area contributed by atoms with Crippen LogP contribution in [0, 0.1) is 0 Å². The number of alkyl halides is 3. The van der Waals surface area contributed by atoms with Crippen molar-refractivity contribution in [1.29, 1.82) is 0 Å². The summed E-state index contributed by atoms with van der Waals surface area (Å²) in [5.74, 6) is -0.292. The standard InChI is InChI=1S/C21H19F3N6O3S/c1-4-30-16(21(22,23)24)8-14-18(20(30)31)29(3)19(28-14)17-15(34(32,33)5-2)7-6-13(27-17)12-9-25-11-26-10-12/h6-11H,4-5H2,1-3H3. The molecule has 0 radical (unpaired) electrons. The zero-order valence-corrected chi connectivity index (χ0v) is 19.1. The summed E-state index contributed by atoms with van der Waals surface area (Å²) < 4.78 is 68.2. The van der Waals surface area contributed by atoms with Crippen molar-refractivity contribution in [2.75, 3.05) is 5.75 Å². The van der Waals surface area contributed by atoms with Crippen LogP contribution in [0.15, 0.2) is 46.6 Å². The molecule has 178 valence electrons. The Morgan fingerprint density at radius 1 is 1.06 bits per heavy atom. The number of aryl methyl sites for hydroxylation is 1. The van der Waals surface area contributed by atoms with Gasteiger partial charge in [0.1, 0.15) is 23.2 Å². The van der Waals surface area contributed by atoms with E-state index >= 15 is 0 Å². The summed E-state index contributed by atoms with van der Waals surface area (Å²) in [5, 5.41) is 0. The van der Waals surface area contributed by atoms with Gasteiger partial charge >= 0.3 is 6.18 Å². The molecule has 0 amide bonds. The van der Waals surface area contributed by atoms with Crippen molar-refractivity contribution < 1.29 is 21.6 Å². The molecular weight excluding hydrogens is 473 g/mol. The van der Waals surface area contributed by atoms with Crippen LogP contribution in [-0.2, 0) is 29.6 Å². The van der Waals surface area contributed by atoms with Gasteiger partial charge in [0.25, 0.3) is 5.56 Å². The fourth-order valence-corrected chi connectivity index (χ4v) is 4.70. The van der Waals surface area contributed by atoms with Gasteiger partial charge in [-0.1, -0.05) is 6.92 Å². The fraction of sp³-hybridized carbons (Fsp3) is 0.286. The summed E-state index contributed by atoms with van der Waals surface area (Å²) in [5.41, 5.74) is -1.59. The Labute approximate surface area is 191 Å². The van der Waals surface area contributed by atoms with E-state index in [1.807, 2.05) is 0 Å². The zero-order valence-electron chi connectivity index (χ0n) is 18.3. The summed E-state index contributed by atoms with van der Waals surface area (Å²) in [7, 11) is -2.36. The number of nitrogens with zero attached hydrogens (tertiary/aromatic N) is 6. The molecule has 0 spiro atoms. The predicted octanol–water partition coefficient (Wildman–Crippen LogP) is 3.09. The molecule has 0 aliphatic heterocycles. The van der Waals surface area contributed by atoms with E-state index < -0.39 is 27.3 Å². The minimum Gasteiger partial charge on any atom is -0.321 e. The highest BCUT2D eigenvalue weighted by molar-refractivity contribution is 7.91. The second-order valence-electron chi connectivity index (χ2n) is 7.38. The monoisotopic (exact) mass is 492 g/mol. The highest BCUT2D eigenvalue weighted by atomic mass is 32.2. The number of hydrogen-bond donors (Lipinski definition) is 0. The molecule has 0 atom stereocenters. The van der Waals surface area contributed by atoms with Gasteiger partial charge in [-0.05, 0) is 25.1 Å². The first kappa shape index (κ1) is 23.5. The Bertz CT molecular complexity index is 1560. The average Bonchev–Trinajstić information content (AvgIpc) is 3.15. The van der Waals surface area contributed by atoms with Gasteiger partial charge in [-0.25, -0.2) is 28.4 Å². The number of fused-ring (bicyclic) bond motifs is 1. The summed E-state index contributed by atoms with van der Waals surface area (Å²) in [4.78, 5) is 29.3. The van der Waals surface area contributed by atoms with Gasteiger partial charge in [-0.3, -0.25) is 4.79 Å². The number of rotatable bonds is 5. The molecule has 4 rings (SSSR count). The van der Waals surface area contributed by atoms with Crippen molar-refractivity contribution in [2.45, 2.75) is 31.5 Å². The van der Waals surface area contributed by atoms with E-state index in [9.17, 15) is 26.4 Å². The van der Waals surface area contributed by atoms with Crippen molar-refractivity contribution in [2.24, 2.45) is 7.05 Å². The van der Waals surface area contributed by atoms with Gasteiger partial charge < -0.3 is 9.13 Å². The second-order valence-corrected chi connectivity index (χ2v) is 9.63. The normalized spacial score (nSPS) is 12.4. The molecule has 0 aliphatic rings. The molecule has 0 unspecified atom stereocenters. The smallest absolute Gasteiger partial charge is 0.321 e. The van der Waals surface area contributed by atoms with E-state index in [4.69, 9.17) is 0 Å². The van der Waals surface area contributed by atoms with Crippen LogP contribution in [0.2, 0.25) is 0 Å². The van der Waals surface area contributed by atoms with E-state index in [2.05, 4.69) is 19.9 Å². The molecule has 0 aliphatic carbocycles. The van der Waals surface area contributed by atoms with Crippen LogP contribution in [-0.4, -0.2) is 43.2 Å². The van der Waals surface area contributed by atoms with Crippen molar-refractivity contribution >= 4 is 20.9 Å². The van der Waals surface area contributed by atoms with Gasteiger partial charge in [-0.15, -0.1) is 0 Å². The molecule has 0 aromatic carbocycles. The third-order valence-corrected chi connectivity index (χ3v) is 7.14. The van der Waals surface area contributed by atoms with Gasteiger partial charge in [0.2, 0.25) is 0 Å². The van der Waals surface area contributed by atoms with E-state index in [1.165, 1.54) is 56.3 Å². The first-order valence-electron chi connectivity index (χ1n) is 10.2. The van der Waals surface area contributed by atoms with Gasteiger partial charge in [0, 0.05) is 31.5 Å². The lowest BCUT2D eigenvalue weighted by Gasteiger charge is -2.14. The van der Waals surface area contributed by atoms with Crippen molar-refractivity contribution in [3.05, 3.63) is 53.0 Å². The largest absolute Gasteiger partial charge is 0.431 e. The quantitative estimate of drug-likeness (QED) is 0.421. The Morgan fingerprint density at radius 3 is 2.32 bits per heavy atom. The highest BCUT2D eigenvalue weighted by Crippen LogP contribution is 2.33. The van der Waals surface area contributed by atoms with Crippen LogP contribution >= 0.6 is 0 Å². The summed E-state index contributed by atoms with van der Waals surface area (Å²) in [6, 6.07) is 3.63. The molecule has 0 fully saturated rings. The third-order valence-electron chi connectivity index (χ3n) is 5.38. The zero-order chi connectivity index (χ0) is 24.8. The lowest BCUT2D eigenvalue weighted by Crippen LogP contribution is -2.28. The van der Waals surface area contributed by atoms with E-state index in [-0.39, 0.29) is 39.7 Å². The maximum Gasteiger partial charge on any atom is 0.431 e. The molecule has 4 aromatic heterocycles. The van der Waals surface area contributed by atoms with Crippen molar-refractivity contribution in [3.8, 4) is 22.8 Å². The minimum atomic E-state index is -4.77. The molecule has 4 heterocycles. The molecule has 0 bridgehead atoms. The predicted molar refractivity (Wildman–Crippen MR) is 118 cm³/mol. The summed E-state index contributed by atoms with van der Waals surface area (Å²) in [6.45, 7) is 2.68. The minimum absolute atomic E-state index is 0.0557. The lowest BCUT2D eigenvalue weighted by molar-refractivity contribution is -0.144. The molecule has 0 saturated heterocycles. The number of hydrogen-bond acceptors (Lipinski definition) is 7. The number of sulfone groups is 1. The maximum atomic E-state index is 13.6. The number of imidazole rings is 1. The van der Waals surface area contributed by atoms with Crippen LogP contribution in [0.5, 0.6) is 0 Å². The topological polar surface area (TPSA) is 113 Å². The maximum absolute atomic E-state index is 13.6. The molecule has 4 aromatic rings. The Balaban J connectivity index is 2.08. The number of halogens is 3. The Hall–Kier alpha value is -3.61. The van der Waals surface area contributed by atoms with E-state index in [0.717, 1.165) is 6.07 Å². The van der Waals surface area contributed by atoms with Crippen LogP contribution in [0.4, 0.5) is 13.2 Å². The van der Waals surface area contributed by atoms with E-state index in [0.29, 0.717) is 15.8 Å². The van der Waals surface area contributed by atoms with Gasteiger partial charge in [0.15, 0.2) is 15.7 Å². The third kappa shape index (κ3) is 3.85. The van der Waals surface area contributed by atoms with E-state index in [1.54, 1.807) is 0 Å². The molecule has 34 heavy (non-hydrogen) atoms.